The number of benzene rings is 4. The van der Waals surface area contributed by atoms with Crippen molar-refractivity contribution >= 4 is 34.7 Å². The van der Waals surface area contributed by atoms with Gasteiger partial charge in [0.25, 0.3) is 11.8 Å². The topological polar surface area (TPSA) is 50.4 Å². The zero-order valence-corrected chi connectivity index (χ0v) is 26.2. The number of hydrogen-bond acceptors (Lipinski definition) is 3. The lowest BCUT2D eigenvalue weighted by Gasteiger charge is -2.24. The fourth-order valence-electron chi connectivity index (χ4n) is 5.27. The van der Waals surface area contributed by atoms with E-state index in [4.69, 9.17) is 16.3 Å². The normalized spacial score (nSPS) is 11.9. The maximum atomic E-state index is 14.5. The fraction of sp³-hybridized carbons (Fsp3) is 0.216. The molecule has 4 aromatic rings. The average Bonchev–Trinajstić information content (AvgIpc) is 3.00. The van der Waals surface area contributed by atoms with Crippen LogP contribution in [0.1, 0.15) is 70.9 Å². The number of rotatable bonds is 12. The lowest BCUT2D eigenvalue weighted by Crippen LogP contribution is -2.30. The molecule has 1 amide bonds. The Kier molecular flexibility index (Phi) is 10.3. The number of alkyl halides is 2. The average molecular weight is 615 g/mol. The van der Waals surface area contributed by atoms with Crippen LogP contribution in [0.15, 0.2) is 98.1 Å². The van der Waals surface area contributed by atoms with E-state index in [-0.39, 0.29) is 5.56 Å². The van der Waals surface area contributed by atoms with Crippen molar-refractivity contribution in [3.8, 4) is 11.1 Å². The highest BCUT2D eigenvalue weighted by atomic mass is 35.5. The van der Waals surface area contributed by atoms with Crippen molar-refractivity contribution in [1.29, 1.82) is 0 Å². The van der Waals surface area contributed by atoms with Crippen molar-refractivity contribution in [2.24, 2.45) is 0 Å². The van der Waals surface area contributed by atoms with Crippen LogP contribution in [0, 0.1) is 6.92 Å². The first-order valence-electron chi connectivity index (χ1n) is 14.4. The van der Waals surface area contributed by atoms with Gasteiger partial charge in [0.05, 0.1) is 13.2 Å². The number of anilines is 1. The molecule has 0 aliphatic carbocycles. The first kappa shape index (κ1) is 32.5. The molecule has 0 spiro atoms. The number of halogens is 3. The van der Waals surface area contributed by atoms with Crippen LogP contribution < -0.4 is 10.6 Å². The Morgan fingerprint density at radius 3 is 2.36 bits per heavy atom. The third kappa shape index (κ3) is 7.20. The molecule has 0 heterocycles. The standard InChI is InChI=1S/C37H37ClF2N2O2/c1-7-13-34(29-15-9-10-17-31(29)37(5,39)40)42-36(43)26-20-21-28(30(22-26)25(4)44-6)35-27(16-12-18-32(35)38)24(3)41-33-19-11-8-14-23(33)2/h8-12,14-22,34,41H,3-4,7,13H2,1-2,5-6H3,(H,42,43). The van der Waals surface area contributed by atoms with Gasteiger partial charge in [-0.15, -0.1) is 0 Å². The number of methoxy groups -OCH3 is 1. The molecule has 0 fully saturated rings. The van der Waals surface area contributed by atoms with E-state index in [1.165, 1.54) is 13.2 Å². The minimum Gasteiger partial charge on any atom is -0.497 e. The molecule has 0 saturated carbocycles. The van der Waals surface area contributed by atoms with Crippen LogP contribution >= 0.6 is 11.6 Å². The number of aryl methyl sites for hydroxylation is 1. The molecular weight excluding hydrogens is 578 g/mol. The molecule has 0 aliphatic rings. The zero-order valence-electron chi connectivity index (χ0n) is 25.4. The number of hydrogen-bond donors (Lipinski definition) is 2. The summed E-state index contributed by atoms with van der Waals surface area (Å²) in [7, 11) is 1.50. The minimum atomic E-state index is -3.05. The minimum absolute atomic E-state index is 0.103. The summed E-state index contributed by atoms with van der Waals surface area (Å²) in [4.78, 5) is 13.6. The lowest BCUT2D eigenvalue weighted by atomic mass is 9.91. The second kappa shape index (κ2) is 13.9. The van der Waals surface area contributed by atoms with Crippen LogP contribution in [-0.2, 0) is 10.7 Å². The SMILES string of the molecule is C=C(OC)c1cc(C(=O)NC(CCC)c2ccccc2C(C)(F)F)ccc1-c1c(Cl)cccc1C(=C)Nc1ccccc1C. The third-order valence-corrected chi connectivity index (χ3v) is 7.87. The van der Waals surface area contributed by atoms with Gasteiger partial charge in [0.1, 0.15) is 5.76 Å². The van der Waals surface area contributed by atoms with Gasteiger partial charge in [0.2, 0.25) is 0 Å². The van der Waals surface area contributed by atoms with E-state index in [9.17, 15) is 13.6 Å². The summed E-state index contributed by atoms with van der Waals surface area (Å²) in [5, 5.41) is 6.87. The smallest absolute Gasteiger partial charge is 0.270 e. The molecule has 1 atom stereocenters. The van der Waals surface area contributed by atoms with Gasteiger partial charge in [-0.25, -0.2) is 8.78 Å². The predicted molar refractivity (Wildman–Crippen MR) is 178 cm³/mol. The Balaban J connectivity index is 1.74. The number of carbonyl (C=O) groups excluding carboxylic acids is 1. The Labute approximate surface area is 263 Å². The van der Waals surface area contributed by atoms with Crippen molar-refractivity contribution in [1.82, 2.24) is 5.32 Å². The summed E-state index contributed by atoms with van der Waals surface area (Å²) >= 11 is 6.81. The Bertz CT molecular complexity index is 1690. The molecule has 4 nitrogen and oxygen atoms in total. The monoisotopic (exact) mass is 614 g/mol. The maximum absolute atomic E-state index is 14.5. The number of para-hydroxylation sites is 1. The van der Waals surface area contributed by atoms with E-state index >= 15 is 0 Å². The van der Waals surface area contributed by atoms with Crippen LogP contribution in [0.2, 0.25) is 5.02 Å². The fourth-order valence-corrected chi connectivity index (χ4v) is 5.55. The second-order valence-electron chi connectivity index (χ2n) is 10.8. The Morgan fingerprint density at radius 2 is 1.68 bits per heavy atom. The summed E-state index contributed by atoms with van der Waals surface area (Å²) in [6, 6.07) is 24.4. The molecule has 0 aromatic heterocycles. The largest absolute Gasteiger partial charge is 0.497 e. The van der Waals surface area contributed by atoms with Crippen LogP contribution in [0.5, 0.6) is 0 Å². The van der Waals surface area contributed by atoms with Crippen LogP contribution in [0.3, 0.4) is 0 Å². The molecule has 2 N–H and O–H groups in total. The Morgan fingerprint density at radius 1 is 0.977 bits per heavy atom. The van der Waals surface area contributed by atoms with Gasteiger partial charge in [0, 0.05) is 51.1 Å². The number of amides is 1. The molecule has 0 saturated heterocycles. The number of nitrogens with one attached hydrogen (secondary N) is 2. The zero-order chi connectivity index (χ0) is 32.0. The predicted octanol–water partition coefficient (Wildman–Crippen LogP) is 10.4. The molecular formula is C37H37ClF2N2O2. The number of carbonyl (C=O) groups is 1. The van der Waals surface area contributed by atoms with Crippen molar-refractivity contribution < 1.29 is 18.3 Å². The third-order valence-electron chi connectivity index (χ3n) is 7.56. The van der Waals surface area contributed by atoms with Crippen molar-refractivity contribution in [2.45, 2.75) is 45.6 Å². The van der Waals surface area contributed by atoms with Gasteiger partial charge in [-0.3, -0.25) is 4.79 Å². The van der Waals surface area contributed by atoms with Crippen LogP contribution in [0.25, 0.3) is 22.6 Å². The molecule has 7 heteroatoms. The summed E-state index contributed by atoms with van der Waals surface area (Å²) < 4.78 is 34.5. The molecule has 0 bridgehead atoms. The Hall–Kier alpha value is -4.42. The van der Waals surface area contributed by atoms with Crippen molar-refractivity contribution in [2.75, 3.05) is 12.4 Å². The molecule has 0 aliphatic heterocycles. The highest BCUT2D eigenvalue weighted by molar-refractivity contribution is 6.34. The van der Waals surface area contributed by atoms with E-state index in [1.54, 1.807) is 42.5 Å². The van der Waals surface area contributed by atoms with E-state index in [0.29, 0.717) is 57.1 Å². The van der Waals surface area contributed by atoms with Gasteiger partial charge < -0.3 is 15.4 Å². The van der Waals surface area contributed by atoms with Gasteiger partial charge in [-0.1, -0.05) is 98.8 Å². The van der Waals surface area contributed by atoms with Gasteiger partial charge in [0.15, 0.2) is 0 Å². The molecule has 228 valence electrons. The lowest BCUT2D eigenvalue weighted by molar-refractivity contribution is 0.0159. The van der Waals surface area contributed by atoms with Crippen molar-refractivity contribution in [3.05, 3.63) is 136 Å². The molecule has 0 radical (unpaired) electrons. The van der Waals surface area contributed by atoms with Gasteiger partial charge in [-0.2, -0.15) is 0 Å². The van der Waals surface area contributed by atoms with E-state index < -0.39 is 17.9 Å². The summed E-state index contributed by atoms with van der Waals surface area (Å²) in [5.74, 6) is -3.12. The van der Waals surface area contributed by atoms with E-state index in [0.717, 1.165) is 23.7 Å². The highest BCUT2D eigenvalue weighted by Crippen LogP contribution is 2.40. The quantitative estimate of drug-likeness (QED) is 0.156. The van der Waals surface area contributed by atoms with Crippen molar-refractivity contribution in [3.63, 3.8) is 0 Å². The molecule has 1 unspecified atom stereocenters. The first-order valence-corrected chi connectivity index (χ1v) is 14.8. The summed E-state index contributed by atoms with van der Waals surface area (Å²) in [6.07, 6.45) is 1.18. The highest BCUT2D eigenvalue weighted by Gasteiger charge is 2.30. The molecule has 4 aromatic carbocycles. The van der Waals surface area contributed by atoms with E-state index in [1.807, 2.05) is 50.2 Å². The van der Waals surface area contributed by atoms with Crippen LogP contribution in [0.4, 0.5) is 14.5 Å². The number of ether oxygens (including phenoxy) is 1. The van der Waals surface area contributed by atoms with Gasteiger partial charge >= 0.3 is 0 Å². The van der Waals surface area contributed by atoms with Gasteiger partial charge in [-0.05, 0) is 54.3 Å². The maximum Gasteiger partial charge on any atom is 0.270 e. The molecule has 4 rings (SSSR count). The van der Waals surface area contributed by atoms with E-state index in [2.05, 4.69) is 23.8 Å². The second-order valence-corrected chi connectivity index (χ2v) is 11.2. The van der Waals surface area contributed by atoms with Crippen LogP contribution in [-0.4, -0.2) is 13.0 Å². The first-order chi connectivity index (χ1) is 21.0. The molecule has 44 heavy (non-hydrogen) atoms. The summed E-state index contributed by atoms with van der Waals surface area (Å²) in [5.41, 5.74) is 5.96. The summed E-state index contributed by atoms with van der Waals surface area (Å²) in [6.45, 7) is 13.2.